The maximum absolute atomic E-state index is 10.5. The van der Waals surface area contributed by atoms with E-state index < -0.39 is 0 Å². The van der Waals surface area contributed by atoms with Gasteiger partial charge in [-0.15, -0.1) is 5.75 Å². The van der Waals surface area contributed by atoms with Gasteiger partial charge in [0, 0.05) is 0 Å². The smallest absolute Gasteiger partial charge is 0.0757 e. The van der Waals surface area contributed by atoms with Crippen LogP contribution in [0.15, 0.2) is 24.3 Å². The molecule has 1 aromatic carbocycles. The zero-order chi connectivity index (χ0) is 13.3. The zero-order valence-corrected chi connectivity index (χ0v) is 12.0. The molecule has 2 heteroatoms. The van der Waals surface area contributed by atoms with Crippen LogP contribution in [0.2, 0.25) is 0 Å². The van der Waals surface area contributed by atoms with Gasteiger partial charge in [-0.05, 0) is 34.6 Å². The SMILES string of the molecule is CC[N+](CC)(CC)CC.Cc1cccc([O-])c1. The molecule has 0 aliphatic carbocycles. The number of benzene rings is 1. The van der Waals surface area contributed by atoms with Gasteiger partial charge < -0.3 is 9.59 Å². The summed E-state index contributed by atoms with van der Waals surface area (Å²) in [5.74, 6) is 0.0880. The second kappa shape index (κ2) is 8.13. The Bertz CT molecular complexity index is 271. The van der Waals surface area contributed by atoms with Gasteiger partial charge in [0.15, 0.2) is 0 Å². The van der Waals surface area contributed by atoms with Crippen LogP contribution in [0.5, 0.6) is 5.75 Å². The molecular formula is C15H27NO. The number of rotatable bonds is 4. The summed E-state index contributed by atoms with van der Waals surface area (Å²) in [6, 6.07) is 6.83. The van der Waals surface area contributed by atoms with E-state index in [-0.39, 0.29) is 5.75 Å². The van der Waals surface area contributed by atoms with Crippen LogP contribution >= 0.6 is 0 Å². The summed E-state index contributed by atoms with van der Waals surface area (Å²) in [7, 11) is 0. The Hall–Kier alpha value is -1.02. The molecule has 0 bridgehead atoms. The molecule has 0 N–H and O–H groups in total. The van der Waals surface area contributed by atoms with Crippen molar-refractivity contribution < 1.29 is 9.59 Å². The van der Waals surface area contributed by atoms with Crippen LogP contribution in [0.1, 0.15) is 33.3 Å². The fraction of sp³-hybridized carbons (Fsp3) is 0.600. The molecule has 0 unspecified atom stereocenters. The van der Waals surface area contributed by atoms with E-state index in [0.717, 1.165) is 5.56 Å². The van der Waals surface area contributed by atoms with E-state index in [2.05, 4.69) is 27.7 Å². The lowest BCUT2D eigenvalue weighted by Crippen LogP contribution is -2.47. The fourth-order valence-electron chi connectivity index (χ4n) is 1.96. The van der Waals surface area contributed by atoms with Gasteiger partial charge in [0.2, 0.25) is 0 Å². The first-order chi connectivity index (χ1) is 8.03. The monoisotopic (exact) mass is 237 g/mol. The average molecular weight is 237 g/mol. The minimum Gasteiger partial charge on any atom is -0.872 e. The summed E-state index contributed by atoms with van der Waals surface area (Å²) in [4.78, 5) is 0. The highest BCUT2D eigenvalue weighted by molar-refractivity contribution is 5.24. The molecule has 0 amide bonds. The van der Waals surface area contributed by atoms with Crippen molar-refractivity contribution >= 4 is 0 Å². The van der Waals surface area contributed by atoms with Crippen LogP contribution in [-0.2, 0) is 0 Å². The summed E-state index contributed by atoms with van der Waals surface area (Å²) in [5, 5.41) is 10.5. The van der Waals surface area contributed by atoms with Gasteiger partial charge in [-0.3, -0.25) is 0 Å². The van der Waals surface area contributed by atoms with Gasteiger partial charge in [-0.2, -0.15) is 0 Å². The number of nitrogens with zero attached hydrogens (tertiary/aromatic N) is 1. The van der Waals surface area contributed by atoms with Crippen molar-refractivity contribution in [2.45, 2.75) is 34.6 Å². The van der Waals surface area contributed by atoms with Gasteiger partial charge in [-0.1, -0.05) is 29.8 Å². The number of aryl methyl sites for hydroxylation is 1. The molecule has 0 spiro atoms. The van der Waals surface area contributed by atoms with E-state index in [0.29, 0.717) is 0 Å². The molecule has 17 heavy (non-hydrogen) atoms. The maximum atomic E-state index is 10.5. The molecule has 0 aliphatic heterocycles. The van der Waals surface area contributed by atoms with Gasteiger partial charge in [0.25, 0.3) is 0 Å². The van der Waals surface area contributed by atoms with Gasteiger partial charge in [0.05, 0.1) is 26.2 Å². The first-order valence-electron chi connectivity index (χ1n) is 6.62. The molecule has 0 fully saturated rings. The second-order valence-corrected chi connectivity index (χ2v) is 4.42. The Morgan fingerprint density at radius 1 is 0.941 bits per heavy atom. The van der Waals surface area contributed by atoms with Crippen molar-refractivity contribution in [1.82, 2.24) is 0 Å². The topological polar surface area (TPSA) is 23.1 Å². The van der Waals surface area contributed by atoms with Gasteiger partial charge in [-0.25, -0.2) is 0 Å². The number of quaternary nitrogens is 1. The highest BCUT2D eigenvalue weighted by Crippen LogP contribution is 2.05. The Kier molecular flexibility index (Phi) is 7.64. The number of hydrogen-bond acceptors (Lipinski definition) is 1. The van der Waals surface area contributed by atoms with Crippen LogP contribution in [0, 0.1) is 6.92 Å². The molecule has 98 valence electrons. The zero-order valence-electron chi connectivity index (χ0n) is 12.0. The van der Waals surface area contributed by atoms with E-state index >= 15 is 0 Å². The van der Waals surface area contributed by atoms with Gasteiger partial charge in [0.1, 0.15) is 0 Å². The van der Waals surface area contributed by atoms with Crippen molar-refractivity contribution in [1.29, 1.82) is 0 Å². The predicted molar refractivity (Wildman–Crippen MR) is 73.0 cm³/mol. The molecule has 2 nitrogen and oxygen atoms in total. The average Bonchev–Trinajstić information content (AvgIpc) is 2.33. The maximum Gasteiger partial charge on any atom is 0.0757 e. The summed E-state index contributed by atoms with van der Waals surface area (Å²) in [5.41, 5.74) is 1.03. The predicted octanol–water partition coefficient (Wildman–Crippen LogP) is 2.95. The van der Waals surface area contributed by atoms with Crippen LogP contribution < -0.4 is 5.11 Å². The Morgan fingerprint density at radius 3 is 1.59 bits per heavy atom. The van der Waals surface area contributed by atoms with E-state index in [9.17, 15) is 5.11 Å². The molecule has 0 radical (unpaired) electrons. The Morgan fingerprint density at radius 2 is 1.41 bits per heavy atom. The molecule has 0 saturated carbocycles. The third kappa shape index (κ3) is 5.73. The number of hydrogen-bond donors (Lipinski definition) is 0. The summed E-state index contributed by atoms with van der Waals surface area (Å²) < 4.78 is 1.28. The van der Waals surface area contributed by atoms with Crippen molar-refractivity contribution in [3.8, 4) is 5.75 Å². The standard InChI is InChI=1S/C8H20N.C7H8O/c1-5-9(6-2,7-3)8-4;1-6-3-2-4-7(8)5-6/h5-8H2,1-4H3;2-5,8H,1H3/q+1;/p-1. The molecular weight excluding hydrogens is 210 g/mol. The summed E-state index contributed by atoms with van der Waals surface area (Å²) >= 11 is 0. The van der Waals surface area contributed by atoms with Crippen LogP contribution in [0.3, 0.4) is 0 Å². The second-order valence-electron chi connectivity index (χ2n) is 4.42. The lowest BCUT2D eigenvalue weighted by molar-refractivity contribution is -0.921. The van der Waals surface area contributed by atoms with Crippen molar-refractivity contribution in [3.63, 3.8) is 0 Å². The molecule has 0 atom stereocenters. The highest BCUT2D eigenvalue weighted by Gasteiger charge is 2.16. The van der Waals surface area contributed by atoms with E-state index in [1.54, 1.807) is 18.2 Å². The van der Waals surface area contributed by atoms with Crippen molar-refractivity contribution in [2.75, 3.05) is 26.2 Å². The molecule has 1 aromatic rings. The minimum atomic E-state index is 0.0880. The van der Waals surface area contributed by atoms with E-state index in [4.69, 9.17) is 0 Å². The fourth-order valence-corrected chi connectivity index (χ4v) is 1.96. The van der Waals surface area contributed by atoms with Crippen LogP contribution in [0.4, 0.5) is 0 Å². The Labute approximate surface area is 106 Å². The van der Waals surface area contributed by atoms with Crippen LogP contribution in [0.25, 0.3) is 0 Å². The first kappa shape index (κ1) is 16.0. The summed E-state index contributed by atoms with van der Waals surface area (Å²) in [6.45, 7) is 16.1. The van der Waals surface area contributed by atoms with E-state index in [1.165, 1.54) is 30.7 Å². The molecule has 0 heterocycles. The first-order valence-corrected chi connectivity index (χ1v) is 6.62. The third-order valence-corrected chi connectivity index (χ3v) is 3.67. The minimum absolute atomic E-state index is 0.0880. The molecule has 1 rings (SSSR count). The Balaban J connectivity index is 0.000000302. The quantitative estimate of drug-likeness (QED) is 0.738. The lowest BCUT2D eigenvalue weighted by Gasteiger charge is -2.34. The molecule has 0 aromatic heterocycles. The third-order valence-electron chi connectivity index (χ3n) is 3.67. The molecule has 0 aliphatic rings. The van der Waals surface area contributed by atoms with Crippen LogP contribution in [-0.4, -0.2) is 30.7 Å². The van der Waals surface area contributed by atoms with E-state index in [1.807, 2.05) is 13.0 Å². The van der Waals surface area contributed by atoms with Crippen molar-refractivity contribution in [3.05, 3.63) is 29.8 Å². The van der Waals surface area contributed by atoms with Gasteiger partial charge >= 0.3 is 0 Å². The van der Waals surface area contributed by atoms with Crippen molar-refractivity contribution in [2.24, 2.45) is 0 Å². The lowest BCUT2D eigenvalue weighted by atomic mass is 10.2. The largest absolute Gasteiger partial charge is 0.872 e. The summed E-state index contributed by atoms with van der Waals surface area (Å²) in [6.07, 6.45) is 0. The normalized spacial score (nSPS) is 10.6. The highest BCUT2D eigenvalue weighted by atomic mass is 16.3. The molecule has 0 saturated heterocycles.